The Labute approximate surface area is 127 Å². The highest BCUT2D eigenvalue weighted by molar-refractivity contribution is 14.1. The Kier molecular flexibility index (Phi) is 3.56. The molecule has 2 aromatic rings. The molecular formula is C16H18INO. The van der Waals surface area contributed by atoms with Crippen LogP contribution >= 0.6 is 22.6 Å². The van der Waals surface area contributed by atoms with Gasteiger partial charge in [0.25, 0.3) is 0 Å². The second-order valence-corrected chi connectivity index (χ2v) is 6.60. The molecule has 1 saturated carbocycles. The first kappa shape index (κ1) is 13.0. The minimum atomic E-state index is 0.661. The lowest BCUT2D eigenvalue weighted by molar-refractivity contribution is 0.468. The van der Waals surface area contributed by atoms with Gasteiger partial charge in [-0.3, -0.25) is 0 Å². The first-order chi connectivity index (χ1) is 9.13. The summed E-state index contributed by atoms with van der Waals surface area (Å²) in [5, 5.41) is 3.41. The van der Waals surface area contributed by atoms with Crippen molar-refractivity contribution in [3.63, 3.8) is 0 Å². The molecule has 1 aliphatic carbocycles. The molecule has 3 rings (SSSR count). The summed E-state index contributed by atoms with van der Waals surface area (Å²) in [7, 11) is 0. The molecule has 3 heteroatoms. The molecule has 1 fully saturated rings. The molecule has 1 N–H and O–H groups in total. The smallest absolute Gasteiger partial charge is 0.123 e. The van der Waals surface area contributed by atoms with Gasteiger partial charge in [0.2, 0.25) is 0 Å². The van der Waals surface area contributed by atoms with E-state index in [1.54, 1.807) is 0 Å². The Morgan fingerprint density at radius 1 is 1.32 bits per heavy atom. The van der Waals surface area contributed by atoms with E-state index in [9.17, 15) is 0 Å². The summed E-state index contributed by atoms with van der Waals surface area (Å²) < 4.78 is 7.18. The molecule has 1 aromatic carbocycles. The van der Waals surface area contributed by atoms with Crippen molar-refractivity contribution in [2.45, 2.75) is 32.7 Å². The van der Waals surface area contributed by atoms with Crippen molar-refractivity contribution in [1.29, 1.82) is 0 Å². The summed E-state index contributed by atoms with van der Waals surface area (Å²) in [4.78, 5) is 0. The van der Waals surface area contributed by atoms with Crippen LogP contribution in [0.4, 0.5) is 5.69 Å². The number of hydrogen-bond acceptors (Lipinski definition) is 2. The molecule has 1 aliphatic rings. The number of rotatable bonds is 4. The second kappa shape index (κ2) is 5.19. The Bertz CT molecular complexity index is 590. The van der Waals surface area contributed by atoms with Crippen LogP contribution in [0.3, 0.4) is 0 Å². The molecule has 2 unspecified atom stereocenters. The van der Waals surface area contributed by atoms with Gasteiger partial charge < -0.3 is 9.73 Å². The minimum Gasteiger partial charge on any atom is -0.464 e. The largest absolute Gasteiger partial charge is 0.464 e. The van der Waals surface area contributed by atoms with Crippen molar-refractivity contribution in [2.75, 3.05) is 5.32 Å². The SMILES string of the molecule is Cc1ccc(NCc2ccc(C3CC3C)o2)cc1I. The van der Waals surface area contributed by atoms with E-state index in [-0.39, 0.29) is 0 Å². The van der Waals surface area contributed by atoms with Crippen LogP contribution in [0.5, 0.6) is 0 Å². The van der Waals surface area contributed by atoms with Crippen LogP contribution in [0.15, 0.2) is 34.7 Å². The molecule has 19 heavy (non-hydrogen) atoms. The Morgan fingerprint density at radius 2 is 2.11 bits per heavy atom. The van der Waals surface area contributed by atoms with Crippen LogP contribution < -0.4 is 5.32 Å². The van der Waals surface area contributed by atoms with Gasteiger partial charge in [0, 0.05) is 15.2 Å². The minimum absolute atomic E-state index is 0.661. The van der Waals surface area contributed by atoms with Crippen LogP contribution in [-0.4, -0.2) is 0 Å². The monoisotopic (exact) mass is 367 g/mol. The fraction of sp³-hybridized carbons (Fsp3) is 0.375. The maximum atomic E-state index is 5.89. The molecule has 2 atom stereocenters. The average molecular weight is 367 g/mol. The third kappa shape index (κ3) is 2.96. The molecule has 0 amide bonds. The van der Waals surface area contributed by atoms with E-state index < -0.39 is 0 Å². The van der Waals surface area contributed by atoms with Crippen molar-refractivity contribution >= 4 is 28.3 Å². The number of anilines is 1. The molecule has 2 nitrogen and oxygen atoms in total. The summed E-state index contributed by atoms with van der Waals surface area (Å²) in [6.45, 7) is 5.15. The summed E-state index contributed by atoms with van der Waals surface area (Å²) in [5.41, 5.74) is 2.46. The third-order valence-electron chi connectivity index (χ3n) is 3.80. The zero-order valence-corrected chi connectivity index (χ0v) is 13.4. The first-order valence-corrected chi connectivity index (χ1v) is 7.80. The Balaban J connectivity index is 1.62. The number of benzene rings is 1. The number of aryl methyl sites for hydroxylation is 1. The van der Waals surface area contributed by atoms with E-state index in [1.165, 1.54) is 15.6 Å². The fourth-order valence-corrected chi connectivity index (χ4v) is 2.81. The lowest BCUT2D eigenvalue weighted by Crippen LogP contribution is -1.98. The van der Waals surface area contributed by atoms with E-state index >= 15 is 0 Å². The van der Waals surface area contributed by atoms with Gasteiger partial charge in [-0.2, -0.15) is 0 Å². The normalized spacial score (nSPS) is 21.4. The lowest BCUT2D eigenvalue weighted by atomic mass is 10.2. The molecule has 100 valence electrons. The Hall–Kier alpha value is -0.970. The number of halogens is 1. The summed E-state index contributed by atoms with van der Waals surface area (Å²) in [6.07, 6.45) is 1.27. The maximum absolute atomic E-state index is 5.89. The number of hydrogen-bond donors (Lipinski definition) is 1. The quantitative estimate of drug-likeness (QED) is 0.776. The van der Waals surface area contributed by atoms with Gasteiger partial charge in [-0.1, -0.05) is 13.0 Å². The molecule has 1 aromatic heterocycles. The maximum Gasteiger partial charge on any atom is 0.123 e. The average Bonchev–Trinajstić information content (AvgIpc) is 2.94. The van der Waals surface area contributed by atoms with Gasteiger partial charge in [0.05, 0.1) is 6.54 Å². The van der Waals surface area contributed by atoms with E-state index in [0.717, 1.165) is 29.7 Å². The summed E-state index contributed by atoms with van der Waals surface area (Å²) in [5.74, 6) is 3.63. The van der Waals surface area contributed by atoms with Crippen LogP contribution in [0, 0.1) is 16.4 Å². The molecule has 0 bridgehead atoms. The predicted octanol–water partition coefficient (Wildman–Crippen LogP) is 4.93. The van der Waals surface area contributed by atoms with Gasteiger partial charge in [-0.05, 0) is 71.7 Å². The highest BCUT2D eigenvalue weighted by Crippen LogP contribution is 2.47. The van der Waals surface area contributed by atoms with Crippen LogP contribution in [0.1, 0.15) is 36.3 Å². The highest BCUT2D eigenvalue weighted by Gasteiger charge is 2.36. The summed E-state index contributed by atoms with van der Waals surface area (Å²) in [6, 6.07) is 10.6. The van der Waals surface area contributed by atoms with Crippen molar-refractivity contribution in [3.05, 3.63) is 51.0 Å². The zero-order chi connectivity index (χ0) is 13.4. The van der Waals surface area contributed by atoms with Gasteiger partial charge in [-0.25, -0.2) is 0 Å². The zero-order valence-electron chi connectivity index (χ0n) is 11.2. The number of nitrogens with one attached hydrogen (secondary N) is 1. The van der Waals surface area contributed by atoms with Gasteiger partial charge in [-0.15, -0.1) is 0 Å². The van der Waals surface area contributed by atoms with Crippen LogP contribution in [0.25, 0.3) is 0 Å². The van der Waals surface area contributed by atoms with E-state index in [0.29, 0.717) is 5.92 Å². The van der Waals surface area contributed by atoms with Crippen molar-refractivity contribution in [3.8, 4) is 0 Å². The Morgan fingerprint density at radius 3 is 2.79 bits per heavy atom. The fourth-order valence-electron chi connectivity index (χ4n) is 2.30. The number of furan rings is 1. The molecular weight excluding hydrogens is 349 g/mol. The molecule has 0 saturated heterocycles. The van der Waals surface area contributed by atoms with Gasteiger partial charge in [0.15, 0.2) is 0 Å². The third-order valence-corrected chi connectivity index (χ3v) is 4.96. The van der Waals surface area contributed by atoms with Gasteiger partial charge >= 0.3 is 0 Å². The standard InChI is InChI=1S/C16H18INO/c1-10-3-4-12(8-15(10)17)18-9-13-5-6-16(19-13)14-7-11(14)2/h3-6,8,11,14,18H,7,9H2,1-2H3. The van der Waals surface area contributed by atoms with Crippen LogP contribution in [-0.2, 0) is 6.54 Å². The molecule has 0 aliphatic heterocycles. The first-order valence-electron chi connectivity index (χ1n) is 6.72. The van der Waals surface area contributed by atoms with E-state index in [4.69, 9.17) is 4.42 Å². The van der Waals surface area contributed by atoms with Crippen molar-refractivity contribution < 1.29 is 4.42 Å². The van der Waals surface area contributed by atoms with E-state index in [2.05, 4.69) is 72.1 Å². The predicted molar refractivity (Wildman–Crippen MR) is 86.5 cm³/mol. The van der Waals surface area contributed by atoms with Crippen molar-refractivity contribution in [2.24, 2.45) is 5.92 Å². The van der Waals surface area contributed by atoms with Crippen LogP contribution in [0.2, 0.25) is 0 Å². The lowest BCUT2D eigenvalue weighted by Gasteiger charge is -2.06. The summed E-state index contributed by atoms with van der Waals surface area (Å²) >= 11 is 2.36. The topological polar surface area (TPSA) is 25.2 Å². The molecule has 1 heterocycles. The van der Waals surface area contributed by atoms with E-state index in [1.807, 2.05) is 0 Å². The molecule has 0 radical (unpaired) electrons. The van der Waals surface area contributed by atoms with Crippen molar-refractivity contribution in [1.82, 2.24) is 0 Å². The van der Waals surface area contributed by atoms with Gasteiger partial charge in [0.1, 0.15) is 11.5 Å². The molecule has 0 spiro atoms. The second-order valence-electron chi connectivity index (χ2n) is 5.44. The highest BCUT2D eigenvalue weighted by atomic mass is 127.